The number of fused-ring (bicyclic) bond motifs is 2. The Kier molecular flexibility index (Phi) is 7.20. The number of benzene rings is 3. The van der Waals surface area contributed by atoms with Gasteiger partial charge in [-0.25, -0.2) is 0 Å². The highest BCUT2D eigenvalue weighted by Gasteiger charge is 2.35. The lowest BCUT2D eigenvalue weighted by Crippen LogP contribution is -2.57. The van der Waals surface area contributed by atoms with Gasteiger partial charge in [0.15, 0.2) is 0 Å². The van der Waals surface area contributed by atoms with E-state index in [0.29, 0.717) is 12.5 Å². The minimum absolute atomic E-state index is 0.259. The number of para-hydroxylation sites is 1. The largest absolute Gasteiger partial charge is 0.497 e. The highest BCUT2D eigenvalue weighted by molar-refractivity contribution is 5.48. The Labute approximate surface area is 204 Å². The fourth-order valence-electron chi connectivity index (χ4n) is 5.85. The summed E-state index contributed by atoms with van der Waals surface area (Å²) in [4.78, 5) is 2.53. The monoisotopic (exact) mass is 455 g/mol. The van der Waals surface area contributed by atoms with Crippen LogP contribution < -0.4 is 9.47 Å². The molecule has 3 aliphatic rings. The first kappa shape index (κ1) is 23.0. The van der Waals surface area contributed by atoms with Gasteiger partial charge in [0.2, 0.25) is 0 Å². The fraction of sp³-hybridized carbons (Fsp3) is 0.419. The lowest BCUT2D eigenvalue weighted by atomic mass is 9.70. The van der Waals surface area contributed by atoms with Crippen molar-refractivity contribution in [3.05, 3.63) is 95.1 Å². The van der Waals surface area contributed by atoms with Crippen molar-refractivity contribution < 1.29 is 9.47 Å². The summed E-state index contributed by atoms with van der Waals surface area (Å²) >= 11 is 0. The van der Waals surface area contributed by atoms with Gasteiger partial charge < -0.3 is 14.4 Å². The summed E-state index contributed by atoms with van der Waals surface area (Å²) in [5, 5.41) is 0. The maximum atomic E-state index is 6.04. The van der Waals surface area contributed by atoms with Gasteiger partial charge in [0.05, 0.1) is 13.7 Å². The molecular weight excluding hydrogens is 418 g/mol. The van der Waals surface area contributed by atoms with Gasteiger partial charge in [-0.15, -0.1) is 0 Å². The first-order valence-corrected chi connectivity index (χ1v) is 13.0. The van der Waals surface area contributed by atoms with Crippen LogP contribution in [0.3, 0.4) is 0 Å². The van der Waals surface area contributed by atoms with Gasteiger partial charge >= 0.3 is 0 Å². The van der Waals surface area contributed by atoms with Crippen LogP contribution in [0.5, 0.6) is 11.5 Å². The van der Waals surface area contributed by atoms with Crippen molar-refractivity contribution >= 4 is 0 Å². The summed E-state index contributed by atoms with van der Waals surface area (Å²) in [7, 11) is 1.72. The number of rotatable bonds is 6. The molecule has 0 saturated carbocycles. The average Bonchev–Trinajstić information content (AvgIpc) is 2.88. The summed E-state index contributed by atoms with van der Waals surface area (Å²) < 4.78 is 11.4. The standard InChI is InChI=1S/C26H28O2.C5H9N/c1-3-28-25-14-7-6-12-24(25)26(20-15-17-21(27-2)18-16-20)23-13-8-10-19-9-4-5-11-22(19)23;1-3-6-4-2-5(1)6/h4-7,9,11-12,14-18,23,26H,3,8,10,13H2,1-2H3;5H,1-4H2. The maximum Gasteiger partial charge on any atom is 0.123 e. The first-order chi connectivity index (χ1) is 16.8. The number of aryl methyl sites for hydroxylation is 1. The SMILES string of the molecule is C1CN2CCC12.CCOc1ccccc1C(c1ccc(OC)cc1)C1CCCc2ccccc21. The van der Waals surface area contributed by atoms with E-state index in [0.717, 1.165) is 17.5 Å². The third-order valence-electron chi connectivity index (χ3n) is 7.86. The molecular formula is C31H37NO2. The molecule has 0 N–H and O–H groups in total. The number of methoxy groups -OCH3 is 1. The van der Waals surface area contributed by atoms with Crippen molar-refractivity contribution in [1.29, 1.82) is 0 Å². The molecule has 3 aromatic carbocycles. The molecule has 2 saturated heterocycles. The van der Waals surface area contributed by atoms with Crippen molar-refractivity contribution in [2.24, 2.45) is 0 Å². The molecule has 2 fully saturated rings. The molecule has 178 valence electrons. The van der Waals surface area contributed by atoms with Gasteiger partial charge in [0, 0.05) is 17.5 Å². The van der Waals surface area contributed by atoms with Crippen LogP contribution in [0.1, 0.15) is 66.7 Å². The van der Waals surface area contributed by atoms with E-state index < -0.39 is 0 Å². The van der Waals surface area contributed by atoms with Crippen molar-refractivity contribution in [2.75, 3.05) is 26.8 Å². The quantitative estimate of drug-likeness (QED) is 0.407. The van der Waals surface area contributed by atoms with E-state index in [1.165, 1.54) is 67.4 Å². The Morgan fingerprint density at radius 1 is 0.882 bits per heavy atom. The average molecular weight is 456 g/mol. The molecule has 0 spiro atoms. The summed E-state index contributed by atoms with van der Waals surface area (Å²) in [6.07, 6.45) is 6.56. The van der Waals surface area contributed by atoms with Gasteiger partial charge in [-0.2, -0.15) is 0 Å². The molecule has 6 rings (SSSR count). The van der Waals surface area contributed by atoms with Gasteiger partial charge in [0.25, 0.3) is 0 Å². The molecule has 2 unspecified atom stereocenters. The molecule has 1 aliphatic carbocycles. The second-order valence-corrected chi connectivity index (χ2v) is 9.69. The van der Waals surface area contributed by atoms with Crippen LogP contribution in [0.15, 0.2) is 72.8 Å². The van der Waals surface area contributed by atoms with E-state index in [4.69, 9.17) is 9.47 Å². The van der Waals surface area contributed by atoms with Crippen molar-refractivity contribution in [3.63, 3.8) is 0 Å². The molecule has 3 aromatic rings. The molecule has 2 atom stereocenters. The molecule has 2 heterocycles. The maximum absolute atomic E-state index is 6.04. The highest BCUT2D eigenvalue weighted by atomic mass is 16.5. The van der Waals surface area contributed by atoms with E-state index in [-0.39, 0.29) is 5.92 Å². The Balaban J connectivity index is 0.000000343. The summed E-state index contributed by atoms with van der Waals surface area (Å²) in [6.45, 7) is 5.51. The number of nitrogens with zero attached hydrogens (tertiary/aromatic N) is 1. The minimum Gasteiger partial charge on any atom is -0.497 e. The Morgan fingerprint density at radius 2 is 1.59 bits per heavy atom. The number of hydrogen-bond acceptors (Lipinski definition) is 3. The molecule has 2 aliphatic heterocycles. The summed E-state index contributed by atoms with van der Waals surface area (Å²) in [5.41, 5.74) is 5.57. The zero-order valence-electron chi connectivity index (χ0n) is 20.6. The van der Waals surface area contributed by atoms with E-state index in [9.17, 15) is 0 Å². The topological polar surface area (TPSA) is 21.7 Å². The molecule has 0 amide bonds. The fourth-order valence-corrected chi connectivity index (χ4v) is 5.85. The molecule has 3 heteroatoms. The smallest absolute Gasteiger partial charge is 0.123 e. The van der Waals surface area contributed by atoms with E-state index in [1.54, 1.807) is 7.11 Å². The third-order valence-corrected chi connectivity index (χ3v) is 7.86. The van der Waals surface area contributed by atoms with Gasteiger partial charge in [-0.05, 0) is 92.9 Å². The molecule has 0 bridgehead atoms. The van der Waals surface area contributed by atoms with Gasteiger partial charge in [0.1, 0.15) is 11.5 Å². The Bertz CT molecular complexity index is 1060. The van der Waals surface area contributed by atoms with Crippen LogP contribution >= 0.6 is 0 Å². The zero-order chi connectivity index (χ0) is 23.3. The van der Waals surface area contributed by atoms with Crippen molar-refractivity contribution in [1.82, 2.24) is 4.90 Å². The minimum atomic E-state index is 0.259. The van der Waals surface area contributed by atoms with Crippen LogP contribution in [0.4, 0.5) is 0 Å². The third kappa shape index (κ3) is 4.72. The highest BCUT2D eigenvalue weighted by Crippen LogP contribution is 2.47. The molecule has 0 aromatic heterocycles. The van der Waals surface area contributed by atoms with Crippen molar-refractivity contribution in [3.8, 4) is 11.5 Å². The first-order valence-electron chi connectivity index (χ1n) is 13.0. The predicted molar refractivity (Wildman–Crippen MR) is 139 cm³/mol. The van der Waals surface area contributed by atoms with Crippen LogP contribution in [0.25, 0.3) is 0 Å². The molecule has 3 nitrogen and oxygen atoms in total. The van der Waals surface area contributed by atoms with E-state index >= 15 is 0 Å². The van der Waals surface area contributed by atoms with Crippen LogP contribution in [0.2, 0.25) is 0 Å². The summed E-state index contributed by atoms with van der Waals surface area (Å²) in [5.74, 6) is 2.59. The lowest BCUT2D eigenvalue weighted by Gasteiger charge is -2.50. The molecule has 0 radical (unpaired) electrons. The predicted octanol–water partition coefficient (Wildman–Crippen LogP) is 6.81. The second kappa shape index (κ2) is 10.7. The number of hydrogen-bond donors (Lipinski definition) is 0. The van der Waals surface area contributed by atoms with Crippen molar-refractivity contribution in [2.45, 2.75) is 56.9 Å². The molecule has 34 heavy (non-hydrogen) atoms. The van der Waals surface area contributed by atoms with E-state index in [2.05, 4.69) is 84.6 Å². The lowest BCUT2D eigenvalue weighted by molar-refractivity contribution is -0.00222. The van der Waals surface area contributed by atoms with Crippen LogP contribution in [-0.2, 0) is 6.42 Å². The normalized spacial score (nSPS) is 19.9. The van der Waals surface area contributed by atoms with Gasteiger partial charge in [-0.1, -0.05) is 54.6 Å². The Hall–Kier alpha value is -2.78. The Morgan fingerprint density at radius 3 is 2.24 bits per heavy atom. The van der Waals surface area contributed by atoms with Crippen LogP contribution in [0, 0.1) is 0 Å². The second-order valence-electron chi connectivity index (χ2n) is 9.69. The van der Waals surface area contributed by atoms with E-state index in [1.807, 2.05) is 0 Å². The number of ether oxygens (including phenoxy) is 2. The van der Waals surface area contributed by atoms with Gasteiger partial charge in [-0.3, -0.25) is 0 Å². The zero-order valence-corrected chi connectivity index (χ0v) is 20.6. The number of piperidine rings is 1. The summed E-state index contributed by atoms with van der Waals surface area (Å²) in [6, 6.07) is 27.1. The van der Waals surface area contributed by atoms with Crippen LogP contribution in [-0.4, -0.2) is 37.7 Å².